The second kappa shape index (κ2) is 5.13. The van der Waals surface area contributed by atoms with Gasteiger partial charge in [-0.25, -0.2) is 0 Å². The molecular formula is C11H14ClNO. The number of halogens is 1. The molecule has 0 bridgehead atoms. The summed E-state index contributed by atoms with van der Waals surface area (Å²) in [5.41, 5.74) is 1.78. The maximum Gasteiger partial charge on any atom is 0.176 e. The third kappa shape index (κ3) is 2.82. The SMILES string of the molecule is CCc1cc(Cl)cc(C(=O)CNC)c1. The Balaban J connectivity index is 2.96. The minimum atomic E-state index is 0.0738. The Bertz CT molecular complexity index is 336. The highest BCUT2D eigenvalue weighted by molar-refractivity contribution is 6.31. The number of aryl methyl sites for hydroxylation is 1. The van der Waals surface area contributed by atoms with Crippen molar-refractivity contribution < 1.29 is 4.79 Å². The lowest BCUT2D eigenvalue weighted by atomic mass is 10.1. The summed E-state index contributed by atoms with van der Waals surface area (Å²) in [4.78, 5) is 11.5. The second-order valence-corrected chi connectivity index (χ2v) is 3.59. The summed E-state index contributed by atoms with van der Waals surface area (Å²) >= 11 is 5.90. The summed E-state index contributed by atoms with van der Waals surface area (Å²) in [6.45, 7) is 2.39. The first kappa shape index (κ1) is 11.2. The first-order chi connectivity index (χ1) is 6.67. The van der Waals surface area contributed by atoms with Gasteiger partial charge in [0, 0.05) is 10.6 Å². The molecule has 0 heterocycles. The van der Waals surface area contributed by atoms with E-state index in [4.69, 9.17) is 11.6 Å². The number of hydrogen-bond donors (Lipinski definition) is 1. The molecule has 0 radical (unpaired) electrons. The molecule has 0 aromatic heterocycles. The number of rotatable bonds is 4. The summed E-state index contributed by atoms with van der Waals surface area (Å²) in [7, 11) is 1.75. The van der Waals surface area contributed by atoms with Crippen molar-refractivity contribution in [2.45, 2.75) is 13.3 Å². The molecule has 0 amide bonds. The van der Waals surface area contributed by atoms with Crippen molar-refractivity contribution in [2.24, 2.45) is 0 Å². The smallest absolute Gasteiger partial charge is 0.176 e. The van der Waals surface area contributed by atoms with Gasteiger partial charge in [0.25, 0.3) is 0 Å². The van der Waals surface area contributed by atoms with E-state index in [1.54, 1.807) is 13.1 Å². The van der Waals surface area contributed by atoms with E-state index in [9.17, 15) is 4.79 Å². The van der Waals surface area contributed by atoms with Crippen molar-refractivity contribution in [3.63, 3.8) is 0 Å². The molecule has 0 saturated heterocycles. The van der Waals surface area contributed by atoms with Crippen LogP contribution in [0.25, 0.3) is 0 Å². The Morgan fingerprint density at radius 1 is 1.43 bits per heavy atom. The lowest BCUT2D eigenvalue weighted by Crippen LogP contribution is -2.18. The Hall–Kier alpha value is -0.860. The van der Waals surface area contributed by atoms with Gasteiger partial charge in [-0.1, -0.05) is 18.5 Å². The van der Waals surface area contributed by atoms with Gasteiger partial charge in [-0.05, 0) is 37.2 Å². The molecule has 3 heteroatoms. The predicted molar refractivity (Wildman–Crippen MR) is 59.1 cm³/mol. The van der Waals surface area contributed by atoms with Gasteiger partial charge in [-0.2, -0.15) is 0 Å². The number of benzene rings is 1. The quantitative estimate of drug-likeness (QED) is 0.775. The standard InChI is InChI=1S/C11H14ClNO/c1-3-8-4-9(6-10(12)5-8)11(14)7-13-2/h4-6,13H,3,7H2,1-2H3. The number of carbonyl (C=O) groups excluding carboxylic acids is 1. The maximum atomic E-state index is 11.5. The molecule has 1 aromatic rings. The molecule has 1 aromatic carbocycles. The predicted octanol–water partition coefficient (Wildman–Crippen LogP) is 2.30. The molecule has 1 N–H and O–H groups in total. The molecule has 0 spiro atoms. The molecule has 0 unspecified atom stereocenters. The summed E-state index contributed by atoms with van der Waals surface area (Å²) in [5, 5.41) is 3.46. The van der Waals surface area contributed by atoms with Gasteiger partial charge in [-0.3, -0.25) is 4.79 Å². The maximum absolute atomic E-state index is 11.5. The van der Waals surface area contributed by atoms with Crippen LogP contribution >= 0.6 is 11.6 Å². The molecule has 0 aliphatic carbocycles. The summed E-state index contributed by atoms with van der Waals surface area (Å²) < 4.78 is 0. The van der Waals surface area contributed by atoms with Crippen molar-refractivity contribution in [3.8, 4) is 0 Å². The van der Waals surface area contributed by atoms with Crippen LogP contribution < -0.4 is 5.32 Å². The molecule has 0 saturated carbocycles. The topological polar surface area (TPSA) is 29.1 Å². The van der Waals surface area contributed by atoms with Crippen LogP contribution in [-0.2, 0) is 6.42 Å². The van der Waals surface area contributed by atoms with Crippen LogP contribution in [0.3, 0.4) is 0 Å². The van der Waals surface area contributed by atoms with Gasteiger partial charge < -0.3 is 5.32 Å². The molecule has 76 valence electrons. The van der Waals surface area contributed by atoms with E-state index >= 15 is 0 Å². The van der Waals surface area contributed by atoms with Gasteiger partial charge in [0.2, 0.25) is 0 Å². The van der Waals surface area contributed by atoms with Crippen LogP contribution in [0.1, 0.15) is 22.8 Å². The Morgan fingerprint density at radius 2 is 2.14 bits per heavy atom. The third-order valence-electron chi connectivity index (χ3n) is 2.03. The molecule has 14 heavy (non-hydrogen) atoms. The highest BCUT2D eigenvalue weighted by Crippen LogP contribution is 2.15. The average Bonchev–Trinajstić information content (AvgIpc) is 2.17. The Labute approximate surface area is 89.3 Å². The number of nitrogens with one attached hydrogen (secondary N) is 1. The minimum absolute atomic E-state index is 0.0738. The zero-order valence-corrected chi connectivity index (χ0v) is 9.19. The number of likely N-dealkylation sites (N-methyl/N-ethyl adjacent to an activating group) is 1. The molecule has 2 nitrogen and oxygen atoms in total. The first-order valence-corrected chi connectivity index (χ1v) is 5.02. The Morgan fingerprint density at radius 3 is 2.71 bits per heavy atom. The van der Waals surface area contributed by atoms with Crippen molar-refractivity contribution in [3.05, 3.63) is 34.3 Å². The van der Waals surface area contributed by atoms with Gasteiger partial charge in [0.05, 0.1) is 6.54 Å². The summed E-state index contributed by atoms with van der Waals surface area (Å²) in [6, 6.07) is 5.49. The van der Waals surface area contributed by atoms with E-state index in [1.165, 1.54) is 0 Å². The number of carbonyl (C=O) groups is 1. The Kier molecular flexibility index (Phi) is 4.11. The van der Waals surface area contributed by atoms with Gasteiger partial charge in [0.15, 0.2) is 5.78 Å². The normalized spacial score (nSPS) is 10.2. The minimum Gasteiger partial charge on any atom is -0.313 e. The van der Waals surface area contributed by atoms with E-state index in [0.29, 0.717) is 17.1 Å². The van der Waals surface area contributed by atoms with Crippen LogP contribution in [0.2, 0.25) is 5.02 Å². The fourth-order valence-corrected chi connectivity index (χ4v) is 1.54. The van der Waals surface area contributed by atoms with Crippen molar-refractivity contribution in [1.29, 1.82) is 0 Å². The summed E-state index contributed by atoms with van der Waals surface area (Å²) in [6.07, 6.45) is 0.889. The third-order valence-corrected chi connectivity index (χ3v) is 2.24. The zero-order chi connectivity index (χ0) is 10.6. The highest BCUT2D eigenvalue weighted by atomic mass is 35.5. The number of Topliss-reactive ketones (excluding diaryl/α,β-unsaturated/α-hetero) is 1. The number of hydrogen-bond acceptors (Lipinski definition) is 2. The van der Waals surface area contributed by atoms with Crippen LogP contribution in [0.5, 0.6) is 0 Å². The lowest BCUT2D eigenvalue weighted by molar-refractivity contribution is 0.0993. The monoisotopic (exact) mass is 211 g/mol. The van der Waals surface area contributed by atoms with E-state index in [-0.39, 0.29) is 5.78 Å². The van der Waals surface area contributed by atoms with Crippen molar-refractivity contribution >= 4 is 17.4 Å². The molecule has 0 aliphatic heterocycles. The molecule has 1 rings (SSSR count). The summed E-state index contributed by atoms with van der Waals surface area (Å²) in [5.74, 6) is 0.0738. The van der Waals surface area contributed by atoms with E-state index in [2.05, 4.69) is 5.32 Å². The van der Waals surface area contributed by atoms with Gasteiger partial charge in [-0.15, -0.1) is 0 Å². The molecule has 0 fully saturated rings. The van der Waals surface area contributed by atoms with E-state index < -0.39 is 0 Å². The largest absolute Gasteiger partial charge is 0.313 e. The second-order valence-electron chi connectivity index (χ2n) is 3.16. The van der Waals surface area contributed by atoms with Crippen LogP contribution in [0.15, 0.2) is 18.2 Å². The van der Waals surface area contributed by atoms with Crippen molar-refractivity contribution in [2.75, 3.05) is 13.6 Å². The van der Waals surface area contributed by atoms with Crippen LogP contribution in [-0.4, -0.2) is 19.4 Å². The molecule has 0 aliphatic rings. The highest BCUT2D eigenvalue weighted by Gasteiger charge is 2.06. The lowest BCUT2D eigenvalue weighted by Gasteiger charge is -2.04. The van der Waals surface area contributed by atoms with Crippen LogP contribution in [0.4, 0.5) is 0 Å². The number of ketones is 1. The van der Waals surface area contributed by atoms with E-state index in [1.807, 2.05) is 19.1 Å². The molecule has 0 atom stereocenters. The zero-order valence-electron chi connectivity index (χ0n) is 8.43. The molecular weight excluding hydrogens is 198 g/mol. The first-order valence-electron chi connectivity index (χ1n) is 4.64. The van der Waals surface area contributed by atoms with E-state index in [0.717, 1.165) is 12.0 Å². The van der Waals surface area contributed by atoms with Gasteiger partial charge >= 0.3 is 0 Å². The average molecular weight is 212 g/mol. The van der Waals surface area contributed by atoms with Crippen LogP contribution in [0, 0.1) is 0 Å². The fraction of sp³-hybridized carbons (Fsp3) is 0.364. The fourth-order valence-electron chi connectivity index (χ4n) is 1.28. The van der Waals surface area contributed by atoms with Gasteiger partial charge in [0.1, 0.15) is 0 Å². The van der Waals surface area contributed by atoms with Crippen molar-refractivity contribution in [1.82, 2.24) is 5.32 Å².